The van der Waals surface area contributed by atoms with Crippen molar-refractivity contribution < 1.29 is 0 Å². The highest BCUT2D eigenvalue weighted by molar-refractivity contribution is 5.40. The van der Waals surface area contributed by atoms with Gasteiger partial charge >= 0.3 is 0 Å². The molecule has 1 atom stereocenters. The lowest BCUT2D eigenvalue weighted by Gasteiger charge is -2.31. The second-order valence-corrected chi connectivity index (χ2v) is 4.26. The van der Waals surface area contributed by atoms with Crippen molar-refractivity contribution in [3.8, 4) is 0 Å². The van der Waals surface area contributed by atoms with Crippen molar-refractivity contribution in [1.82, 2.24) is 9.97 Å². The van der Waals surface area contributed by atoms with Crippen LogP contribution in [0.1, 0.15) is 24.4 Å². The van der Waals surface area contributed by atoms with Crippen molar-refractivity contribution in [2.75, 3.05) is 18.0 Å². The second-order valence-electron chi connectivity index (χ2n) is 4.26. The fourth-order valence-corrected chi connectivity index (χ4v) is 2.08. The Bertz CT molecular complexity index is 330. The van der Waals surface area contributed by atoms with Crippen LogP contribution in [0.25, 0.3) is 0 Å². The van der Waals surface area contributed by atoms with E-state index in [1.807, 2.05) is 19.9 Å². The molecule has 0 radical (unpaired) electrons. The summed E-state index contributed by atoms with van der Waals surface area (Å²) in [5.74, 6) is 1.86. The van der Waals surface area contributed by atoms with Crippen LogP contribution in [0.4, 0.5) is 5.82 Å². The molecular weight excluding hydrogens is 188 g/mol. The molecule has 0 amide bonds. The maximum Gasteiger partial charge on any atom is 0.132 e. The van der Waals surface area contributed by atoms with Crippen molar-refractivity contribution in [3.05, 3.63) is 17.6 Å². The molecular formula is C11H18N4. The third kappa shape index (κ3) is 2.45. The van der Waals surface area contributed by atoms with Crippen LogP contribution >= 0.6 is 0 Å². The van der Waals surface area contributed by atoms with Crippen LogP contribution in [0.5, 0.6) is 0 Å². The van der Waals surface area contributed by atoms with E-state index < -0.39 is 0 Å². The normalized spacial score (nSPS) is 21.8. The van der Waals surface area contributed by atoms with Crippen molar-refractivity contribution in [2.24, 2.45) is 5.73 Å². The largest absolute Gasteiger partial charge is 0.355 e. The molecule has 4 nitrogen and oxygen atoms in total. The molecule has 2 rings (SSSR count). The molecule has 1 aliphatic heterocycles. The standard InChI is InChI=1S/C11H18N4/c1-8-6-11(14-9(2)13-8)15-5-3-4-10(12)7-15/h6,10H,3-5,7,12H2,1-2H3. The van der Waals surface area contributed by atoms with Gasteiger partial charge in [0.15, 0.2) is 0 Å². The average Bonchev–Trinajstić information content (AvgIpc) is 2.16. The minimum Gasteiger partial charge on any atom is -0.355 e. The van der Waals surface area contributed by atoms with Gasteiger partial charge in [0.05, 0.1) is 0 Å². The van der Waals surface area contributed by atoms with Gasteiger partial charge in [-0.1, -0.05) is 0 Å². The Labute approximate surface area is 90.5 Å². The van der Waals surface area contributed by atoms with Crippen molar-refractivity contribution in [3.63, 3.8) is 0 Å². The van der Waals surface area contributed by atoms with E-state index >= 15 is 0 Å². The quantitative estimate of drug-likeness (QED) is 0.745. The van der Waals surface area contributed by atoms with E-state index in [-0.39, 0.29) is 6.04 Å². The Hall–Kier alpha value is -1.16. The van der Waals surface area contributed by atoms with Gasteiger partial charge in [-0.15, -0.1) is 0 Å². The zero-order valence-corrected chi connectivity index (χ0v) is 9.40. The summed E-state index contributed by atoms with van der Waals surface area (Å²) in [6.07, 6.45) is 2.28. The smallest absolute Gasteiger partial charge is 0.132 e. The molecule has 0 aliphatic carbocycles. The number of piperidine rings is 1. The van der Waals surface area contributed by atoms with Gasteiger partial charge < -0.3 is 10.6 Å². The van der Waals surface area contributed by atoms with E-state index in [0.717, 1.165) is 43.3 Å². The Balaban J connectivity index is 2.20. The predicted molar refractivity (Wildman–Crippen MR) is 60.9 cm³/mol. The Kier molecular flexibility index (Phi) is 2.86. The van der Waals surface area contributed by atoms with Crippen molar-refractivity contribution >= 4 is 5.82 Å². The van der Waals surface area contributed by atoms with E-state index in [4.69, 9.17) is 5.73 Å². The fraction of sp³-hybridized carbons (Fsp3) is 0.636. The average molecular weight is 206 g/mol. The molecule has 0 spiro atoms. The van der Waals surface area contributed by atoms with E-state index in [0.29, 0.717) is 0 Å². The zero-order valence-electron chi connectivity index (χ0n) is 9.40. The lowest BCUT2D eigenvalue weighted by molar-refractivity contribution is 0.502. The summed E-state index contributed by atoms with van der Waals surface area (Å²) in [6.45, 7) is 5.90. The Morgan fingerprint density at radius 1 is 1.40 bits per heavy atom. The summed E-state index contributed by atoms with van der Waals surface area (Å²) in [6, 6.07) is 2.32. The first-order chi connectivity index (χ1) is 7.15. The van der Waals surface area contributed by atoms with E-state index in [2.05, 4.69) is 14.9 Å². The molecule has 2 N–H and O–H groups in total. The number of nitrogens with two attached hydrogens (primary N) is 1. The number of rotatable bonds is 1. The molecule has 15 heavy (non-hydrogen) atoms. The van der Waals surface area contributed by atoms with Crippen LogP contribution in [0.3, 0.4) is 0 Å². The maximum absolute atomic E-state index is 5.95. The van der Waals surface area contributed by atoms with E-state index in [1.54, 1.807) is 0 Å². The molecule has 1 aromatic heterocycles. The molecule has 1 aromatic rings. The molecule has 1 saturated heterocycles. The van der Waals surface area contributed by atoms with E-state index in [9.17, 15) is 0 Å². The molecule has 82 valence electrons. The lowest BCUT2D eigenvalue weighted by Crippen LogP contribution is -2.43. The summed E-state index contributed by atoms with van der Waals surface area (Å²) in [5, 5.41) is 0. The molecule has 0 saturated carbocycles. The monoisotopic (exact) mass is 206 g/mol. The molecule has 1 fully saturated rings. The third-order valence-corrected chi connectivity index (χ3v) is 2.73. The molecule has 1 unspecified atom stereocenters. The number of anilines is 1. The van der Waals surface area contributed by atoms with Gasteiger partial charge in [-0.25, -0.2) is 9.97 Å². The first-order valence-electron chi connectivity index (χ1n) is 5.48. The second kappa shape index (κ2) is 4.14. The third-order valence-electron chi connectivity index (χ3n) is 2.73. The van der Waals surface area contributed by atoms with Crippen LogP contribution < -0.4 is 10.6 Å². The van der Waals surface area contributed by atoms with Gasteiger partial charge in [-0.2, -0.15) is 0 Å². The molecule has 1 aliphatic rings. The maximum atomic E-state index is 5.95. The van der Waals surface area contributed by atoms with Gasteiger partial charge in [0.1, 0.15) is 11.6 Å². The summed E-state index contributed by atoms with van der Waals surface area (Å²) < 4.78 is 0. The molecule has 4 heteroatoms. The summed E-state index contributed by atoms with van der Waals surface area (Å²) >= 11 is 0. The van der Waals surface area contributed by atoms with Gasteiger partial charge in [0, 0.05) is 30.9 Å². The minimum atomic E-state index is 0.286. The fourth-order valence-electron chi connectivity index (χ4n) is 2.08. The van der Waals surface area contributed by atoms with Crippen LogP contribution in [-0.4, -0.2) is 29.1 Å². The van der Waals surface area contributed by atoms with Gasteiger partial charge in [0.25, 0.3) is 0 Å². The van der Waals surface area contributed by atoms with Crippen molar-refractivity contribution in [1.29, 1.82) is 0 Å². The van der Waals surface area contributed by atoms with Gasteiger partial charge in [-0.05, 0) is 26.7 Å². The first kappa shape index (κ1) is 10.4. The molecule has 2 heterocycles. The van der Waals surface area contributed by atoms with Gasteiger partial charge in [0.2, 0.25) is 0 Å². The SMILES string of the molecule is Cc1cc(N2CCCC(N)C2)nc(C)n1. The number of hydrogen-bond donors (Lipinski definition) is 1. The summed E-state index contributed by atoms with van der Waals surface area (Å²) in [4.78, 5) is 11.0. The number of aryl methyl sites for hydroxylation is 2. The lowest BCUT2D eigenvalue weighted by atomic mass is 10.1. The summed E-state index contributed by atoms with van der Waals surface area (Å²) in [7, 11) is 0. The first-order valence-corrected chi connectivity index (χ1v) is 5.48. The van der Waals surface area contributed by atoms with Crippen LogP contribution in [0.2, 0.25) is 0 Å². The Morgan fingerprint density at radius 3 is 2.87 bits per heavy atom. The summed E-state index contributed by atoms with van der Waals surface area (Å²) in [5.41, 5.74) is 6.98. The van der Waals surface area contributed by atoms with E-state index in [1.165, 1.54) is 0 Å². The van der Waals surface area contributed by atoms with Crippen LogP contribution in [0, 0.1) is 13.8 Å². The Morgan fingerprint density at radius 2 is 2.20 bits per heavy atom. The predicted octanol–water partition coefficient (Wildman–Crippen LogP) is 1.02. The molecule has 0 bridgehead atoms. The molecule has 0 aromatic carbocycles. The van der Waals surface area contributed by atoms with Crippen LogP contribution in [0.15, 0.2) is 6.07 Å². The van der Waals surface area contributed by atoms with Gasteiger partial charge in [-0.3, -0.25) is 0 Å². The highest BCUT2D eigenvalue weighted by Crippen LogP contribution is 2.17. The number of aromatic nitrogens is 2. The topological polar surface area (TPSA) is 55.0 Å². The zero-order chi connectivity index (χ0) is 10.8. The minimum absolute atomic E-state index is 0.286. The van der Waals surface area contributed by atoms with Crippen LogP contribution in [-0.2, 0) is 0 Å². The number of hydrogen-bond acceptors (Lipinski definition) is 4. The highest BCUT2D eigenvalue weighted by Gasteiger charge is 2.18. The van der Waals surface area contributed by atoms with Crippen molar-refractivity contribution in [2.45, 2.75) is 32.7 Å². The number of nitrogens with zero attached hydrogens (tertiary/aromatic N) is 3. The highest BCUT2D eigenvalue weighted by atomic mass is 15.2.